The third kappa shape index (κ3) is 5.20. The van der Waals surface area contributed by atoms with Crippen molar-refractivity contribution in [3.8, 4) is 23.0 Å². The summed E-state index contributed by atoms with van der Waals surface area (Å²) >= 11 is 0. The second kappa shape index (κ2) is 10.3. The smallest absolute Gasteiger partial charge is 0.217 e. The van der Waals surface area contributed by atoms with Gasteiger partial charge in [-0.25, -0.2) is 0 Å². The summed E-state index contributed by atoms with van der Waals surface area (Å²) in [7, 11) is 0. The number of carbonyl (C=O) groups is 2. The molecule has 10 nitrogen and oxygen atoms in total. The molecule has 1 aliphatic carbocycles. The highest BCUT2D eigenvalue weighted by atomic mass is 16.5. The second-order valence-electron chi connectivity index (χ2n) is 7.70. The fraction of sp³-hybridized carbons (Fsp3) is 0.0769. The van der Waals surface area contributed by atoms with Crippen LogP contribution in [0.2, 0.25) is 0 Å². The lowest BCUT2D eigenvalue weighted by molar-refractivity contribution is -0.191. The van der Waals surface area contributed by atoms with Crippen LogP contribution < -0.4 is 0 Å². The number of Topliss-reactive ketones (excluding diaryl/α,β-unsaturated/α-hetero) is 1. The molecule has 4 rings (SSSR count). The van der Waals surface area contributed by atoms with Gasteiger partial charge >= 0.3 is 0 Å². The fourth-order valence-corrected chi connectivity index (χ4v) is 3.22. The monoisotopic (exact) mass is 494 g/mol. The minimum Gasteiger partial charge on any atom is -0.507 e. The van der Waals surface area contributed by atoms with Crippen LogP contribution in [0.3, 0.4) is 0 Å². The first-order valence-corrected chi connectivity index (χ1v) is 10.4. The number of rotatable bonds is 3. The highest BCUT2D eigenvalue weighted by Crippen LogP contribution is 2.44. The van der Waals surface area contributed by atoms with E-state index < -0.39 is 46.5 Å². The zero-order chi connectivity index (χ0) is 26.6. The average molecular weight is 494 g/mol. The minimum absolute atomic E-state index is 0.160. The van der Waals surface area contributed by atoms with E-state index in [2.05, 4.69) is 0 Å². The molecule has 1 aliphatic rings. The lowest BCUT2D eigenvalue weighted by Crippen LogP contribution is -2.48. The first-order valence-electron chi connectivity index (χ1n) is 10.4. The molecule has 36 heavy (non-hydrogen) atoms. The number of allylic oxidation sites excluding steroid dienone is 1. The first kappa shape index (κ1) is 26.0. The Bertz CT molecular complexity index is 1340. The summed E-state index contributed by atoms with van der Waals surface area (Å²) in [5.74, 6) is -7.65. The molecule has 0 saturated heterocycles. The standard InChI is InChI=1S/C13H12O5.C13H10O5/c14-10(8-4-2-1-3-5-8)9-6-7-13(17,18)12(16)11(9)15;14-9-6-8(11(16)13(18)12(9)17)10(15)7-4-2-1-3-5-7/h1-7,12,14,16-18H;1-6,14,16-18H. The average Bonchev–Trinajstić information content (AvgIpc) is 2.89. The van der Waals surface area contributed by atoms with Crippen molar-refractivity contribution < 1.29 is 50.4 Å². The van der Waals surface area contributed by atoms with Crippen molar-refractivity contribution >= 4 is 17.3 Å². The summed E-state index contributed by atoms with van der Waals surface area (Å²) in [4.78, 5) is 23.7. The molecule has 0 aliphatic heterocycles. The molecular weight excluding hydrogens is 472 g/mol. The van der Waals surface area contributed by atoms with Crippen molar-refractivity contribution in [3.63, 3.8) is 0 Å². The maximum atomic E-state index is 12.0. The molecule has 186 valence electrons. The van der Waals surface area contributed by atoms with Gasteiger partial charge in [-0.1, -0.05) is 60.7 Å². The third-order valence-electron chi connectivity index (χ3n) is 5.22. The number of aliphatic hydroxyl groups excluding tert-OH is 2. The Hall–Kier alpha value is -4.64. The highest BCUT2D eigenvalue weighted by molar-refractivity contribution is 6.11. The molecule has 3 aromatic rings. The predicted octanol–water partition coefficient (Wildman–Crippen LogP) is 1.88. The van der Waals surface area contributed by atoms with Crippen LogP contribution >= 0.6 is 0 Å². The minimum atomic E-state index is -2.60. The van der Waals surface area contributed by atoms with E-state index in [0.717, 1.165) is 18.2 Å². The summed E-state index contributed by atoms with van der Waals surface area (Å²) in [6.45, 7) is 0. The lowest BCUT2D eigenvalue weighted by Gasteiger charge is -2.27. The molecule has 0 heterocycles. The topological polar surface area (TPSA) is 196 Å². The summed E-state index contributed by atoms with van der Waals surface area (Å²) in [5.41, 5.74) is 0.250. The van der Waals surface area contributed by atoms with E-state index in [0.29, 0.717) is 5.56 Å². The van der Waals surface area contributed by atoms with Gasteiger partial charge in [-0.3, -0.25) is 9.59 Å². The fourth-order valence-electron chi connectivity index (χ4n) is 3.22. The van der Waals surface area contributed by atoms with Crippen molar-refractivity contribution in [1.82, 2.24) is 0 Å². The Morgan fingerprint density at radius 3 is 1.86 bits per heavy atom. The third-order valence-corrected chi connectivity index (χ3v) is 5.22. The number of hydrogen-bond acceptors (Lipinski definition) is 10. The molecular formula is C26H22O10. The number of hydrogen-bond donors (Lipinski definition) is 8. The molecule has 0 fully saturated rings. The lowest BCUT2D eigenvalue weighted by atomic mass is 9.90. The Balaban J connectivity index is 0.000000201. The highest BCUT2D eigenvalue weighted by Gasteiger charge is 2.41. The van der Waals surface area contributed by atoms with Gasteiger partial charge in [-0.05, 0) is 18.2 Å². The molecule has 0 bridgehead atoms. The molecule has 0 radical (unpaired) electrons. The number of aromatic hydroxyl groups is 4. The maximum absolute atomic E-state index is 12.0. The number of phenolic OH excluding ortho intramolecular Hbond substituents is 4. The summed E-state index contributed by atoms with van der Waals surface area (Å²) in [6, 6.07) is 17.3. The van der Waals surface area contributed by atoms with Crippen LogP contribution in [0.5, 0.6) is 23.0 Å². The van der Waals surface area contributed by atoms with Crippen LogP contribution in [0.15, 0.2) is 84.5 Å². The molecule has 0 aromatic heterocycles. The predicted molar refractivity (Wildman–Crippen MR) is 126 cm³/mol. The van der Waals surface area contributed by atoms with Crippen LogP contribution in [0.25, 0.3) is 5.76 Å². The van der Waals surface area contributed by atoms with Crippen molar-refractivity contribution in [2.75, 3.05) is 0 Å². The van der Waals surface area contributed by atoms with Gasteiger partial charge in [0.2, 0.25) is 23.1 Å². The molecule has 0 saturated carbocycles. The molecule has 0 amide bonds. The van der Waals surface area contributed by atoms with Crippen molar-refractivity contribution in [2.45, 2.75) is 11.9 Å². The van der Waals surface area contributed by atoms with Crippen LogP contribution in [-0.2, 0) is 4.79 Å². The van der Waals surface area contributed by atoms with E-state index in [1.54, 1.807) is 48.5 Å². The van der Waals surface area contributed by atoms with E-state index in [9.17, 15) is 50.4 Å². The summed E-state index contributed by atoms with van der Waals surface area (Å²) < 4.78 is 0. The number of carbonyl (C=O) groups excluding carboxylic acids is 2. The Morgan fingerprint density at radius 2 is 1.31 bits per heavy atom. The van der Waals surface area contributed by atoms with E-state index in [-0.39, 0.29) is 22.5 Å². The summed E-state index contributed by atoms with van der Waals surface area (Å²) in [5, 5.41) is 75.4. The zero-order valence-electron chi connectivity index (χ0n) is 18.5. The zero-order valence-corrected chi connectivity index (χ0v) is 18.5. The van der Waals surface area contributed by atoms with Gasteiger partial charge in [0.05, 0.1) is 11.1 Å². The molecule has 1 unspecified atom stereocenters. The number of ketones is 2. The Kier molecular flexibility index (Phi) is 7.45. The molecule has 8 N–H and O–H groups in total. The van der Waals surface area contributed by atoms with Crippen LogP contribution in [-0.4, -0.2) is 64.3 Å². The normalized spacial score (nSPS) is 17.6. The van der Waals surface area contributed by atoms with Gasteiger partial charge in [-0.2, -0.15) is 0 Å². The van der Waals surface area contributed by atoms with Gasteiger partial charge in [0.15, 0.2) is 23.4 Å². The van der Waals surface area contributed by atoms with Crippen molar-refractivity contribution in [3.05, 3.63) is 101 Å². The Morgan fingerprint density at radius 1 is 0.778 bits per heavy atom. The first-order chi connectivity index (χ1) is 17.0. The van der Waals surface area contributed by atoms with Gasteiger partial charge in [0.1, 0.15) is 5.76 Å². The van der Waals surface area contributed by atoms with E-state index in [4.69, 9.17) is 0 Å². The Labute approximate surface area is 204 Å². The molecule has 0 spiro atoms. The van der Waals surface area contributed by atoms with Gasteiger partial charge in [-0.15, -0.1) is 0 Å². The van der Waals surface area contributed by atoms with E-state index >= 15 is 0 Å². The maximum Gasteiger partial charge on any atom is 0.217 e. The van der Waals surface area contributed by atoms with Crippen LogP contribution in [0.4, 0.5) is 0 Å². The van der Waals surface area contributed by atoms with E-state index in [1.165, 1.54) is 12.1 Å². The quantitative estimate of drug-likeness (QED) is 0.0665. The van der Waals surface area contributed by atoms with Gasteiger partial charge < -0.3 is 40.9 Å². The largest absolute Gasteiger partial charge is 0.507 e. The van der Waals surface area contributed by atoms with Crippen molar-refractivity contribution in [1.29, 1.82) is 0 Å². The van der Waals surface area contributed by atoms with Crippen LogP contribution in [0.1, 0.15) is 21.5 Å². The van der Waals surface area contributed by atoms with E-state index in [1.807, 2.05) is 0 Å². The SMILES string of the molecule is O=C(c1ccccc1)c1cc(O)c(O)c(O)c1O.O=C1C(=C(O)c2ccccc2)C=CC(O)(O)C1O. The van der Waals surface area contributed by atoms with Crippen molar-refractivity contribution in [2.24, 2.45) is 0 Å². The number of phenols is 4. The van der Waals surface area contributed by atoms with Crippen LogP contribution in [0, 0.1) is 0 Å². The second-order valence-corrected chi connectivity index (χ2v) is 7.70. The molecule has 3 aromatic carbocycles. The molecule has 1 atom stereocenters. The molecule has 10 heteroatoms. The number of aliphatic hydroxyl groups is 4. The van der Waals surface area contributed by atoms with Gasteiger partial charge in [0.25, 0.3) is 0 Å². The number of benzene rings is 3. The summed E-state index contributed by atoms with van der Waals surface area (Å²) in [6.07, 6.45) is -0.0753. The van der Waals surface area contributed by atoms with Gasteiger partial charge in [0, 0.05) is 11.1 Å².